The van der Waals surface area contributed by atoms with Gasteiger partial charge in [-0.3, -0.25) is 4.79 Å². The average Bonchev–Trinajstić information content (AvgIpc) is 2.97. The van der Waals surface area contributed by atoms with Crippen molar-refractivity contribution in [2.24, 2.45) is 11.8 Å². The molecule has 1 saturated carbocycles. The summed E-state index contributed by atoms with van der Waals surface area (Å²) in [6.07, 6.45) is 6.40. The summed E-state index contributed by atoms with van der Waals surface area (Å²) in [6, 6.07) is 8.20. The third-order valence-electron chi connectivity index (χ3n) is 5.10. The van der Waals surface area contributed by atoms with Crippen molar-refractivity contribution in [2.75, 3.05) is 6.61 Å². The molecule has 108 valence electrons. The van der Waals surface area contributed by atoms with E-state index in [-0.39, 0.29) is 0 Å². The van der Waals surface area contributed by atoms with E-state index in [1.807, 2.05) is 18.2 Å². The monoisotopic (exact) mass is 272 g/mol. The number of hydrogen-bond donors (Lipinski definition) is 0. The van der Waals surface area contributed by atoms with Crippen molar-refractivity contribution < 1.29 is 9.53 Å². The molecule has 1 aromatic rings. The number of rotatable bonds is 4. The SMILES string of the molecule is CCC1CCC(C(=O)CC2CCOc3ccccc32)C1. The van der Waals surface area contributed by atoms with E-state index < -0.39 is 0 Å². The normalized spacial score (nSPS) is 28.8. The molecular formula is C18H24O2. The van der Waals surface area contributed by atoms with Gasteiger partial charge in [-0.2, -0.15) is 0 Å². The highest BCUT2D eigenvalue weighted by molar-refractivity contribution is 5.82. The zero-order valence-corrected chi connectivity index (χ0v) is 12.3. The van der Waals surface area contributed by atoms with Gasteiger partial charge in [0, 0.05) is 12.3 Å². The van der Waals surface area contributed by atoms with Crippen LogP contribution in [0.2, 0.25) is 0 Å². The van der Waals surface area contributed by atoms with Crippen LogP contribution in [0.1, 0.15) is 56.9 Å². The largest absolute Gasteiger partial charge is 0.493 e. The number of Topliss-reactive ketones (excluding diaryl/α,β-unsaturated/α-hetero) is 1. The van der Waals surface area contributed by atoms with E-state index in [1.165, 1.54) is 18.4 Å². The van der Waals surface area contributed by atoms with Crippen molar-refractivity contribution in [1.82, 2.24) is 0 Å². The molecule has 0 aromatic heterocycles. The first-order valence-corrected chi connectivity index (χ1v) is 8.02. The van der Waals surface area contributed by atoms with Crippen LogP contribution >= 0.6 is 0 Å². The van der Waals surface area contributed by atoms with E-state index in [0.717, 1.165) is 37.5 Å². The second-order valence-corrected chi connectivity index (χ2v) is 6.33. The number of carbonyl (C=O) groups is 1. The minimum absolute atomic E-state index is 0.329. The van der Waals surface area contributed by atoms with Gasteiger partial charge in [0.25, 0.3) is 0 Å². The van der Waals surface area contributed by atoms with Crippen molar-refractivity contribution in [3.05, 3.63) is 29.8 Å². The molecule has 0 N–H and O–H groups in total. The lowest BCUT2D eigenvalue weighted by Crippen LogP contribution is -2.20. The summed E-state index contributed by atoms with van der Waals surface area (Å²) in [4.78, 5) is 12.5. The predicted octanol–water partition coefficient (Wildman–Crippen LogP) is 4.34. The van der Waals surface area contributed by atoms with Gasteiger partial charge in [-0.1, -0.05) is 31.5 Å². The Morgan fingerprint density at radius 1 is 1.25 bits per heavy atom. The Morgan fingerprint density at radius 2 is 2.10 bits per heavy atom. The first-order valence-electron chi connectivity index (χ1n) is 8.02. The number of benzene rings is 1. The van der Waals surface area contributed by atoms with Crippen molar-refractivity contribution >= 4 is 5.78 Å². The molecule has 0 radical (unpaired) electrons. The van der Waals surface area contributed by atoms with Crippen LogP contribution in [-0.4, -0.2) is 12.4 Å². The summed E-state index contributed by atoms with van der Waals surface area (Å²) in [7, 11) is 0. The lowest BCUT2D eigenvalue weighted by atomic mass is 9.85. The Bertz CT molecular complexity index is 480. The molecule has 1 aromatic carbocycles. The zero-order valence-electron chi connectivity index (χ0n) is 12.3. The summed E-state index contributed by atoms with van der Waals surface area (Å²) in [5.74, 6) is 2.95. The first kappa shape index (κ1) is 13.7. The molecule has 0 amide bonds. The summed E-state index contributed by atoms with van der Waals surface area (Å²) >= 11 is 0. The fraction of sp³-hybridized carbons (Fsp3) is 0.611. The highest BCUT2D eigenvalue weighted by atomic mass is 16.5. The minimum atomic E-state index is 0.329. The van der Waals surface area contributed by atoms with Gasteiger partial charge in [-0.15, -0.1) is 0 Å². The molecule has 2 nitrogen and oxygen atoms in total. The second kappa shape index (κ2) is 5.99. The molecular weight excluding hydrogens is 248 g/mol. The average molecular weight is 272 g/mol. The van der Waals surface area contributed by atoms with E-state index in [4.69, 9.17) is 4.74 Å². The molecule has 20 heavy (non-hydrogen) atoms. The van der Waals surface area contributed by atoms with Crippen LogP contribution in [0.3, 0.4) is 0 Å². The molecule has 1 aliphatic heterocycles. The van der Waals surface area contributed by atoms with Crippen molar-refractivity contribution in [2.45, 2.75) is 51.4 Å². The molecule has 3 rings (SSSR count). The molecule has 2 aliphatic rings. The standard InChI is InChI=1S/C18H24O2/c1-2-13-7-8-15(11-13)17(19)12-14-9-10-20-18-6-4-3-5-16(14)18/h3-6,13-15H,2,7-12H2,1H3. The van der Waals surface area contributed by atoms with Gasteiger partial charge in [0.2, 0.25) is 0 Å². The van der Waals surface area contributed by atoms with E-state index >= 15 is 0 Å². The van der Waals surface area contributed by atoms with Gasteiger partial charge < -0.3 is 4.74 Å². The molecule has 1 heterocycles. The topological polar surface area (TPSA) is 26.3 Å². The Balaban J connectivity index is 1.65. The van der Waals surface area contributed by atoms with Crippen LogP contribution in [0.15, 0.2) is 24.3 Å². The summed E-state index contributed by atoms with van der Waals surface area (Å²) in [5.41, 5.74) is 1.23. The quantitative estimate of drug-likeness (QED) is 0.815. The van der Waals surface area contributed by atoms with Crippen LogP contribution in [0.4, 0.5) is 0 Å². The van der Waals surface area contributed by atoms with Crippen molar-refractivity contribution in [3.8, 4) is 5.75 Å². The molecule has 2 heteroatoms. The van der Waals surface area contributed by atoms with Gasteiger partial charge in [0.05, 0.1) is 6.61 Å². The maximum Gasteiger partial charge on any atom is 0.136 e. The van der Waals surface area contributed by atoms with Crippen LogP contribution < -0.4 is 4.74 Å². The Hall–Kier alpha value is -1.31. The van der Waals surface area contributed by atoms with Crippen molar-refractivity contribution in [1.29, 1.82) is 0 Å². The fourth-order valence-electron chi connectivity index (χ4n) is 3.78. The third-order valence-corrected chi connectivity index (χ3v) is 5.10. The lowest BCUT2D eigenvalue weighted by Gasteiger charge is -2.26. The maximum absolute atomic E-state index is 12.5. The highest BCUT2D eigenvalue weighted by Gasteiger charge is 2.31. The highest BCUT2D eigenvalue weighted by Crippen LogP contribution is 2.39. The number of ether oxygens (including phenoxy) is 1. The predicted molar refractivity (Wildman–Crippen MR) is 80.0 cm³/mol. The zero-order chi connectivity index (χ0) is 13.9. The maximum atomic E-state index is 12.5. The Morgan fingerprint density at radius 3 is 2.90 bits per heavy atom. The number of ketones is 1. The number of fused-ring (bicyclic) bond motifs is 1. The molecule has 3 atom stereocenters. The molecule has 0 spiro atoms. The number of hydrogen-bond acceptors (Lipinski definition) is 2. The minimum Gasteiger partial charge on any atom is -0.493 e. The summed E-state index contributed by atoms with van der Waals surface area (Å²) < 4.78 is 5.68. The Labute approximate surface area is 121 Å². The molecule has 1 fully saturated rings. The van der Waals surface area contributed by atoms with Gasteiger partial charge in [0.1, 0.15) is 11.5 Å². The Kier molecular flexibility index (Phi) is 4.09. The van der Waals surface area contributed by atoms with Gasteiger partial charge in [0.15, 0.2) is 0 Å². The van der Waals surface area contributed by atoms with E-state index in [2.05, 4.69) is 13.0 Å². The van der Waals surface area contributed by atoms with E-state index in [0.29, 0.717) is 24.0 Å². The van der Waals surface area contributed by atoms with Crippen LogP contribution in [0, 0.1) is 11.8 Å². The summed E-state index contributed by atoms with van der Waals surface area (Å²) in [5, 5.41) is 0. The molecule has 0 saturated heterocycles. The van der Waals surface area contributed by atoms with Crippen LogP contribution in [-0.2, 0) is 4.79 Å². The second-order valence-electron chi connectivity index (χ2n) is 6.33. The van der Waals surface area contributed by atoms with Crippen molar-refractivity contribution in [3.63, 3.8) is 0 Å². The van der Waals surface area contributed by atoms with Crippen LogP contribution in [0.25, 0.3) is 0 Å². The molecule has 1 aliphatic carbocycles. The van der Waals surface area contributed by atoms with Crippen LogP contribution in [0.5, 0.6) is 5.75 Å². The number of para-hydroxylation sites is 1. The van der Waals surface area contributed by atoms with E-state index in [9.17, 15) is 4.79 Å². The van der Waals surface area contributed by atoms with E-state index in [1.54, 1.807) is 0 Å². The van der Waals surface area contributed by atoms with Gasteiger partial charge >= 0.3 is 0 Å². The fourth-order valence-corrected chi connectivity index (χ4v) is 3.78. The third kappa shape index (κ3) is 2.74. The number of carbonyl (C=O) groups excluding carboxylic acids is 1. The van der Waals surface area contributed by atoms with Gasteiger partial charge in [-0.25, -0.2) is 0 Å². The molecule has 3 unspecified atom stereocenters. The smallest absolute Gasteiger partial charge is 0.136 e. The molecule has 0 bridgehead atoms. The lowest BCUT2D eigenvalue weighted by molar-refractivity contribution is -0.123. The summed E-state index contributed by atoms with van der Waals surface area (Å²) in [6.45, 7) is 2.99. The first-order chi connectivity index (χ1) is 9.78. The van der Waals surface area contributed by atoms with Gasteiger partial charge in [-0.05, 0) is 49.1 Å².